The summed E-state index contributed by atoms with van der Waals surface area (Å²) in [5, 5.41) is 0.357. The van der Waals surface area contributed by atoms with Crippen molar-refractivity contribution in [1.82, 2.24) is 4.57 Å². The Labute approximate surface area is 165 Å². The number of hydrogen-bond donors (Lipinski definition) is 0. The molecule has 0 N–H and O–H groups in total. The van der Waals surface area contributed by atoms with Crippen LogP contribution in [-0.2, 0) is 15.4 Å². The van der Waals surface area contributed by atoms with Crippen molar-refractivity contribution in [1.29, 1.82) is 0 Å². The first-order valence-electron chi connectivity index (χ1n) is 10.2. The van der Waals surface area contributed by atoms with Gasteiger partial charge in [0.2, 0.25) is 0 Å². The van der Waals surface area contributed by atoms with Gasteiger partial charge in [0.25, 0.3) is 0 Å². The van der Waals surface area contributed by atoms with Crippen LogP contribution in [0.2, 0.25) is 24.2 Å². The molecule has 0 aliphatic heterocycles. The molecule has 0 atom stereocenters. The summed E-state index contributed by atoms with van der Waals surface area (Å²) in [6.07, 6.45) is 2.43. The molecule has 26 heavy (non-hydrogen) atoms. The fourth-order valence-electron chi connectivity index (χ4n) is 3.03. The summed E-state index contributed by atoms with van der Waals surface area (Å²) in [6, 6.07) is 12.0. The summed E-state index contributed by atoms with van der Waals surface area (Å²) >= 11 is 0. The molecule has 0 bridgehead atoms. The zero-order valence-corrected chi connectivity index (χ0v) is 20.3. The first-order valence-corrected chi connectivity index (χ1v) is 14.9. The smallest absolute Gasteiger partial charge is 0.321 e. The van der Waals surface area contributed by atoms with Gasteiger partial charge in [-0.15, -0.1) is 0 Å². The maximum absolute atomic E-state index is 5.82. The average molecular weight is 396 g/mol. The maximum Gasteiger partial charge on any atom is 0.321 e. The SMILES string of the molecule is CCO[SiH](CCCCN(Cc1ccccc1)[Si](C)(C)C(C)(C)C)OCC. The van der Waals surface area contributed by atoms with Crippen LogP contribution >= 0.6 is 0 Å². The molecule has 0 unspecified atom stereocenters. The van der Waals surface area contributed by atoms with E-state index in [1.165, 1.54) is 24.9 Å². The lowest BCUT2D eigenvalue weighted by atomic mass is 10.2. The van der Waals surface area contributed by atoms with Gasteiger partial charge in [0, 0.05) is 19.8 Å². The van der Waals surface area contributed by atoms with E-state index in [9.17, 15) is 0 Å². The van der Waals surface area contributed by atoms with E-state index in [1.54, 1.807) is 0 Å². The van der Waals surface area contributed by atoms with Gasteiger partial charge in [-0.2, -0.15) is 0 Å². The van der Waals surface area contributed by atoms with E-state index < -0.39 is 17.5 Å². The Bertz CT molecular complexity index is 483. The van der Waals surface area contributed by atoms with Crippen molar-refractivity contribution in [3.8, 4) is 0 Å². The Hall–Kier alpha value is -0.466. The van der Waals surface area contributed by atoms with Crippen LogP contribution < -0.4 is 0 Å². The molecular formula is C21H41NO2Si2. The summed E-state index contributed by atoms with van der Waals surface area (Å²) in [4.78, 5) is 0. The molecule has 5 heteroatoms. The molecule has 0 amide bonds. The Kier molecular flexibility index (Phi) is 10.3. The van der Waals surface area contributed by atoms with E-state index in [4.69, 9.17) is 8.85 Å². The maximum atomic E-state index is 5.82. The van der Waals surface area contributed by atoms with Gasteiger partial charge in [-0.1, -0.05) is 70.6 Å². The van der Waals surface area contributed by atoms with Crippen molar-refractivity contribution >= 4 is 17.5 Å². The van der Waals surface area contributed by atoms with Crippen LogP contribution in [-0.4, -0.2) is 41.8 Å². The second kappa shape index (κ2) is 11.4. The van der Waals surface area contributed by atoms with Crippen LogP contribution in [0.3, 0.4) is 0 Å². The van der Waals surface area contributed by atoms with Crippen LogP contribution in [0.1, 0.15) is 53.0 Å². The molecule has 0 saturated heterocycles. The van der Waals surface area contributed by atoms with Gasteiger partial charge in [-0.05, 0) is 43.5 Å². The van der Waals surface area contributed by atoms with Gasteiger partial charge >= 0.3 is 9.28 Å². The zero-order chi connectivity index (χ0) is 19.6. The number of hydrogen-bond acceptors (Lipinski definition) is 3. The lowest BCUT2D eigenvalue weighted by molar-refractivity contribution is 0.212. The van der Waals surface area contributed by atoms with E-state index in [0.717, 1.165) is 25.8 Å². The highest BCUT2D eigenvalue weighted by Gasteiger charge is 2.40. The first kappa shape index (κ1) is 23.6. The molecule has 3 nitrogen and oxygen atoms in total. The van der Waals surface area contributed by atoms with Crippen LogP contribution in [0, 0.1) is 0 Å². The summed E-state index contributed by atoms with van der Waals surface area (Å²) < 4.78 is 14.4. The average Bonchev–Trinajstić information content (AvgIpc) is 2.57. The predicted octanol–water partition coefficient (Wildman–Crippen LogP) is 5.57. The molecule has 150 valence electrons. The summed E-state index contributed by atoms with van der Waals surface area (Å²) in [7, 11) is -2.99. The second-order valence-corrected chi connectivity index (χ2v) is 15.9. The third kappa shape index (κ3) is 7.65. The normalized spacial score (nSPS) is 13.0. The van der Waals surface area contributed by atoms with Gasteiger partial charge in [0.15, 0.2) is 0 Å². The van der Waals surface area contributed by atoms with Crippen molar-refractivity contribution in [3.63, 3.8) is 0 Å². The van der Waals surface area contributed by atoms with Crippen molar-refractivity contribution in [2.75, 3.05) is 19.8 Å². The predicted molar refractivity (Wildman–Crippen MR) is 118 cm³/mol. The Balaban J connectivity index is 2.68. The quantitative estimate of drug-likeness (QED) is 0.341. The summed E-state index contributed by atoms with van der Waals surface area (Å²) in [5.41, 5.74) is 1.42. The molecule has 0 fully saturated rings. The first-order chi connectivity index (χ1) is 12.2. The highest BCUT2D eigenvalue weighted by atomic mass is 28.3. The van der Waals surface area contributed by atoms with Crippen LogP contribution in [0.5, 0.6) is 0 Å². The number of nitrogens with zero attached hydrogens (tertiary/aromatic N) is 1. The highest BCUT2D eigenvalue weighted by Crippen LogP contribution is 2.39. The van der Waals surface area contributed by atoms with Crippen molar-refractivity contribution < 1.29 is 8.85 Å². The molecule has 1 aromatic carbocycles. The van der Waals surface area contributed by atoms with E-state index in [1.807, 2.05) is 0 Å². The molecule has 0 aromatic heterocycles. The third-order valence-corrected chi connectivity index (χ3v) is 13.6. The van der Waals surface area contributed by atoms with E-state index in [0.29, 0.717) is 5.04 Å². The van der Waals surface area contributed by atoms with E-state index >= 15 is 0 Å². The number of benzene rings is 1. The molecule has 0 aliphatic rings. The van der Waals surface area contributed by atoms with Crippen molar-refractivity contribution in [2.45, 2.75) is 78.2 Å². The fourth-order valence-corrected chi connectivity index (χ4v) is 7.07. The molecule has 1 rings (SSSR count). The minimum absolute atomic E-state index is 0.357. The van der Waals surface area contributed by atoms with E-state index in [-0.39, 0.29) is 0 Å². The second-order valence-electron chi connectivity index (χ2n) is 8.55. The topological polar surface area (TPSA) is 21.7 Å². The lowest BCUT2D eigenvalue weighted by Gasteiger charge is -2.46. The van der Waals surface area contributed by atoms with E-state index in [2.05, 4.69) is 82.6 Å². The van der Waals surface area contributed by atoms with Gasteiger partial charge in [0.05, 0.1) is 0 Å². The van der Waals surface area contributed by atoms with Crippen LogP contribution in [0.15, 0.2) is 30.3 Å². The van der Waals surface area contributed by atoms with Gasteiger partial charge in [-0.3, -0.25) is 0 Å². The van der Waals surface area contributed by atoms with Crippen molar-refractivity contribution in [3.05, 3.63) is 35.9 Å². The largest absolute Gasteiger partial charge is 0.397 e. The minimum atomic E-state index is -1.54. The Morgan fingerprint density at radius 2 is 1.54 bits per heavy atom. The molecule has 0 radical (unpaired) electrons. The summed E-state index contributed by atoms with van der Waals surface area (Å²) in [5.74, 6) is 0. The number of unbranched alkanes of at least 4 members (excludes halogenated alkanes) is 1. The molecular weight excluding hydrogens is 354 g/mol. The Morgan fingerprint density at radius 3 is 2.04 bits per heavy atom. The molecule has 1 aromatic rings. The molecule has 0 saturated carbocycles. The minimum Gasteiger partial charge on any atom is -0.397 e. The molecule has 0 heterocycles. The van der Waals surface area contributed by atoms with Gasteiger partial charge in [0.1, 0.15) is 8.24 Å². The zero-order valence-electron chi connectivity index (χ0n) is 18.2. The Morgan fingerprint density at radius 1 is 0.962 bits per heavy atom. The monoisotopic (exact) mass is 395 g/mol. The van der Waals surface area contributed by atoms with Gasteiger partial charge < -0.3 is 13.4 Å². The van der Waals surface area contributed by atoms with Crippen LogP contribution in [0.4, 0.5) is 0 Å². The lowest BCUT2D eigenvalue weighted by Crippen LogP contribution is -2.54. The fraction of sp³-hybridized carbons (Fsp3) is 0.714. The highest BCUT2D eigenvalue weighted by molar-refractivity contribution is 6.77. The van der Waals surface area contributed by atoms with Gasteiger partial charge in [-0.25, -0.2) is 0 Å². The van der Waals surface area contributed by atoms with Crippen molar-refractivity contribution in [2.24, 2.45) is 0 Å². The molecule has 0 aliphatic carbocycles. The standard InChI is InChI=1S/C21H41NO2Si2/c1-8-23-25(24-9-2)18-14-13-17-22(26(6,7)21(3,4)5)19-20-15-11-10-12-16-20/h10-12,15-16,25H,8-9,13-14,17-19H2,1-7H3. The third-order valence-electron chi connectivity index (χ3n) is 5.67. The molecule has 0 spiro atoms. The number of rotatable bonds is 12. The summed E-state index contributed by atoms with van der Waals surface area (Å²) in [6.45, 7) is 20.2. The van der Waals surface area contributed by atoms with Crippen LogP contribution in [0.25, 0.3) is 0 Å².